The Labute approximate surface area is 87.4 Å². The lowest BCUT2D eigenvalue weighted by Crippen LogP contribution is -2.63. The Morgan fingerprint density at radius 3 is 2.73 bits per heavy atom. The average molecular weight is 220 g/mol. The summed E-state index contributed by atoms with van der Waals surface area (Å²) in [7, 11) is 0. The van der Waals surface area contributed by atoms with Crippen LogP contribution in [0.2, 0.25) is 0 Å². The van der Waals surface area contributed by atoms with Gasteiger partial charge in [0.1, 0.15) is 18.3 Å². The number of aliphatic hydroxyl groups excluding tert-OH is 3. The minimum Gasteiger partial charge on any atom is -0.391 e. The molecule has 1 heterocycles. The van der Waals surface area contributed by atoms with Crippen LogP contribution in [0, 0.1) is 0 Å². The fourth-order valence-electron chi connectivity index (χ4n) is 1.40. The summed E-state index contributed by atoms with van der Waals surface area (Å²) < 4.78 is 9.83. The summed E-state index contributed by atoms with van der Waals surface area (Å²) in [4.78, 5) is 0. The third kappa shape index (κ3) is 2.54. The molecule has 0 amide bonds. The Bertz CT molecular complexity index is 221. The molecule has 0 aromatic heterocycles. The topological polar surface area (TPSA) is 99.4 Å². The predicted octanol–water partition coefficient (Wildman–Crippen LogP) is -2.01. The average Bonchev–Trinajstić information content (AvgIpc) is 2.24. The third-order valence-corrected chi connectivity index (χ3v) is 2.29. The molecule has 0 unspecified atom stereocenters. The first-order valence-electron chi connectivity index (χ1n) is 4.61. The lowest BCUT2D eigenvalue weighted by Gasteiger charge is -2.42. The maximum Gasteiger partial charge on any atom is 0.218 e. The summed E-state index contributed by atoms with van der Waals surface area (Å²) >= 11 is 0. The molecule has 88 valence electrons. The molecule has 1 aliphatic rings. The van der Waals surface area contributed by atoms with Crippen LogP contribution in [-0.4, -0.2) is 64.3 Å². The zero-order valence-electron chi connectivity index (χ0n) is 8.24. The van der Waals surface area contributed by atoms with Crippen molar-refractivity contribution in [1.82, 2.24) is 0 Å². The molecule has 6 nitrogen and oxygen atoms in total. The van der Waals surface area contributed by atoms with Crippen LogP contribution in [0.1, 0.15) is 0 Å². The van der Waals surface area contributed by atoms with Crippen LogP contribution in [0.15, 0.2) is 12.7 Å². The molecule has 6 heteroatoms. The molecule has 1 saturated heterocycles. The Kier molecular flexibility index (Phi) is 4.21. The number of ether oxygens (including phenoxy) is 2. The van der Waals surface area contributed by atoms with Gasteiger partial charge in [0.25, 0.3) is 0 Å². The summed E-state index contributed by atoms with van der Waals surface area (Å²) in [5.41, 5.74) is 0. The van der Waals surface area contributed by atoms with Crippen molar-refractivity contribution in [3.8, 4) is 0 Å². The minimum absolute atomic E-state index is 0.125. The molecule has 4 N–H and O–H groups in total. The van der Waals surface area contributed by atoms with Crippen molar-refractivity contribution in [2.75, 3.05) is 19.8 Å². The third-order valence-electron chi connectivity index (χ3n) is 2.29. The molecule has 1 rings (SSSR count). The molecule has 0 aromatic rings. The fraction of sp³-hybridized carbons (Fsp3) is 0.778. The van der Waals surface area contributed by atoms with Crippen molar-refractivity contribution in [1.29, 1.82) is 0 Å². The summed E-state index contributed by atoms with van der Waals surface area (Å²) in [6.07, 6.45) is -2.11. The second-order valence-electron chi connectivity index (χ2n) is 3.41. The first-order chi connectivity index (χ1) is 7.05. The zero-order valence-corrected chi connectivity index (χ0v) is 8.24. The van der Waals surface area contributed by atoms with Gasteiger partial charge in [0.15, 0.2) is 0 Å². The number of hydrogen-bond donors (Lipinski definition) is 4. The van der Waals surface area contributed by atoms with Gasteiger partial charge >= 0.3 is 0 Å². The van der Waals surface area contributed by atoms with Crippen LogP contribution in [0.3, 0.4) is 0 Å². The summed E-state index contributed by atoms with van der Waals surface area (Å²) in [5, 5.41) is 37.5. The maximum absolute atomic E-state index is 9.63. The van der Waals surface area contributed by atoms with Gasteiger partial charge in [-0.3, -0.25) is 0 Å². The smallest absolute Gasteiger partial charge is 0.218 e. The fourth-order valence-corrected chi connectivity index (χ4v) is 1.40. The van der Waals surface area contributed by atoms with Gasteiger partial charge in [-0.1, -0.05) is 6.08 Å². The van der Waals surface area contributed by atoms with E-state index in [1.165, 1.54) is 6.08 Å². The summed E-state index contributed by atoms with van der Waals surface area (Å²) in [5.74, 6) is -2.08. The van der Waals surface area contributed by atoms with Gasteiger partial charge in [0.2, 0.25) is 5.79 Å². The van der Waals surface area contributed by atoms with E-state index < -0.39 is 30.7 Å². The molecule has 0 aromatic carbocycles. The van der Waals surface area contributed by atoms with Gasteiger partial charge in [0.05, 0.1) is 19.8 Å². The van der Waals surface area contributed by atoms with E-state index in [0.717, 1.165) is 0 Å². The van der Waals surface area contributed by atoms with Crippen LogP contribution >= 0.6 is 0 Å². The van der Waals surface area contributed by atoms with E-state index >= 15 is 0 Å². The van der Waals surface area contributed by atoms with Gasteiger partial charge in [-0.05, 0) is 0 Å². The highest BCUT2D eigenvalue weighted by Crippen LogP contribution is 2.25. The van der Waals surface area contributed by atoms with Crippen LogP contribution < -0.4 is 0 Å². The van der Waals surface area contributed by atoms with E-state index in [0.29, 0.717) is 0 Å². The number of rotatable bonds is 4. The van der Waals surface area contributed by atoms with Crippen molar-refractivity contribution in [3.63, 3.8) is 0 Å². The first-order valence-corrected chi connectivity index (χ1v) is 4.61. The van der Waals surface area contributed by atoms with Gasteiger partial charge < -0.3 is 29.9 Å². The molecule has 0 spiro atoms. The monoisotopic (exact) mass is 220 g/mol. The van der Waals surface area contributed by atoms with Crippen LogP contribution in [-0.2, 0) is 9.47 Å². The van der Waals surface area contributed by atoms with E-state index in [-0.39, 0.29) is 13.2 Å². The molecule has 0 aliphatic carbocycles. The molecule has 1 aliphatic heterocycles. The van der Waals surface area contributed by atoms with E-state index in [4.69, 9.17) is 14.6 Å². The second kappa shape index (κ2) is 5.02. The highest BCUT2D eigenvalue weighted by atomic mass is 16.7. The van der Waals surface area contributed by atoms with Crippen LogP contribution in [0.4, 0.5) is 0 Å². The van der Waals surface area contributed by atoms with Gasteiger partial charge in [0, 0.05) is 0 Å². The number of aliphatic hydroxyl groups is 4. The Morgan fingerprint density at radius 2 is 2.20 bits per heavy atom. The lowest BCUT2D eigenvalue weighted by atomic mass is 9.97. The Hall–Kier alpha value is -0.500. The van der Waals surface area contributed by atoms with E-state index in [1.807, 2.05) is 0 Å². The van der Waals surface area contributed by atoms with E-state index in [9.17, 15) is 15.3 Å². The van der Waals surface area contributed by atoms with Crippen molar-refractivity contribution < 1.29 is 29.9 Å². The van der Waals surface area contributed by atoms with E-state index in [2.05, 4.69) is 6.58 Å². The molecule has 1 fully saturated rings. The normalized spacial score (nSPS) is 41.5. The zero-order chi connectivity index (χ0) is 11.5. The standard InChI is InChI=1S/C9H16O6/c1-2-3-14-7-6(11)4-15-9(13,5-10)8(7)12/h2,6-8,10-13H,1,3-5H2/t6-,7-,8+,9-/m1/s1. The maximum atomic E-state index is 9.63. The molecular weight excluding hydrogens is 204 g/mol. The molecule has 0 radical (unpaired) electrons. The molecule has 0 bridgehead atoms. The van der Waals surface area contributed by atoms with Crippen LogP contribution in [0.5, 0.6) is 0 Å². The summed E-state index contributed by atoms with van der Waals surface area (Å²) in [6, 6.07) is 0. The largest absolute Gasteiger partial charge is 0.391 e. The van der Waals surface area contributed by atoms with Gasteiger partial charge in [-0.25, -0.2) is 0 Å². The molecule has 4 atom stereocenters. The Balaban J connectivity index is 2.69. The lowest BCUT2D eigenvalue weighted by molar-refractivity contribution is -0.335. The highest BCUT2D eigenvalue weighted by Gasteiger charge is 2.49. The van der Waals surface area contributed by atoms with Gasteiger partial charge in [-0.15, -0.1) is 6.58 Å². The van der Waals surface area contributed by atoms with Crippen molar-refractivity contribution in [3.05, 3.63) is 12.7 Å². The predicted molar refractivity (Wildman–Crippen MR) is 49.9 cm³/mol. The van der Waals surface area contributed by atoms with Crippen molar-refractivity contribution in [2.45, 2.75) is 24.1 Å². The second-order valence-corrected chi connectivity index (χ2v) is 3.41. The Morgan fingerprint density at radius 1 is 1.53 bits per heavy atom. The number of hydrogen-bond acceptors (Lipinski definition) is 6. The van der Waals surface area contributed by atoms with Crippen molar-refractivity contribution >= 4 is 0 Å². The molecule has 15 heavy (non-hydrogen) atoms. The summed E-state index contributed by atoms with van der Waals surface area (Å²) in [6.45, 7) is 2.56. The molecular formula is C9H16O6. The van der Waals surface area contributed by atoms with E-state index in [1.54, 1.807) is 0 Å². The SMILES string of the molecule is C=CCO[C@@H]1[C@H](O)CO[C@](O)(CO)[C@H]1O. The molecule has 0 saturated carbocycles. The quantitative estimate of drug-likeness (QED) is 0.409. The highest BCUT2D eigenvalue weighted by molar-refractivity contribution is 4.92. The van der Waals surface area contributed by atoms with Gasteiger partial charge in [-0.2, -0.15) is 0 Å². The van der Waals surface area contributed by atoms with Crippen LogP contribution in [0.25, 0.3) is 0 Å². The van der Waals surface area contributed by atoms with Crippen molar-refractivity contribution in [2.24, 2.45) is 0 Å². The first kappa shape index (κ1) is 12.6. The minimum atomic E-state index is -2.08.